The highest BCUT2D eigenvalue weighted by Crippen LogP contribution is 2.19. The van der Waals surface area contributed by atoms with E-state index in [-0.39, 0.29) is 12.6 Å². The molecule has 1 aromatic carbocycles. The summed E-state index contributed by atoms with van der Waals surface area (Å²) < 4.78 is 54.8. The lowest BCUT2D eigenvalue weighted by Gasteiger charge is -2.18. The van der Waals surface area contributed by atoms with Gasteiger partial charge in [-0.1, -0.05) is 6.92 Å². The van der Waals surface area contributed by atoms with Crippen molar-refractivity contribution in [3.8, 4) is 0 Å². The minimum Gasteiger partial charge on any atom is -0.375 e. The number of hydrogen-bond donors (Lipinski definition) is 1. The Bertz CT molecular complexity index is 367. The predicted octanol–water partition coefficient (Wildman–Crippen LogP) is 3.29. The second-order valence-electron chi connectivity index (χ2n) is 4.07. The van der Waals surface area contributed by atoms with Crippen molar-refractivity contribution in [3.05, 3.63) is 35.4 Å². The maximum atomic E-state index is 13.1. The molecule has 0 heterocycles. The summed E-state index contributed by atoms with van der Waals surface area (Å²) in [5, 5.41) is 3.04. The van der Waals surface area contributed by atoms with E-state index in [1.165, 1.54) is 12.1 Å². The van der Waals surface area contributed by atoms with E-state index in [1.807, 2.05) is 6.92 Å². The van der Waals surface area contributed by atoms with E-state index in [9.17, 15) is 17.6 Å². The Hall–Kier alpha value is -1.14. The molecule has 0 aliphatic rings. The summed E-state index contributed by atoms with van der Waals surface area (Å²) >= 11 is 0. The number of hydrogen-bond acceptors (Lipinski definition) is 2. The fourth-order valence-electron chi connectivity index (χ4n) is 1.78. The summed E-state index contributed by atoms with van der Waals surface area (Å²) in [6.45, 7) is 1.91. The highest BCUT2D eigenvalue weighted by atomic mass is 19.3. The third-order valence-corrected chi connectivity index (χ3v) is 2.53. The molecule has 0 spiro atoms. The van der Waals surface area contributed by atoms with Crippen LogP contribution in [0.3, 0.4) is 0 Å². The summed E-state index contributed by atoms with van der Waals surface area (Å²) in [6.07, 6.45) is -2.15. The maximum absolute atomic E-state index is 13.1. The molecule has 0 fully saturated rings. The molecule has 1 aromatic rings. The van der Waals surface area contributed by atoms with Crippen LogP contribution in [-0.4, -0.2) is 26.2 Å². The van der Waals surface area contributed by atoms with Crippen molar-refractivity contribution in [2.75, 3.05) is 19.8 Å². The molecule has 0 aliphatic carbocycles. The van der Waals surface area contributed by atoms with Crippen molar-refractivity contribution in [3.63, 3.8) is 0 Å². The Morgan fingerprint density at radius 1 is 1.16 bits per heavy atom. The van der Waals surface area contributed by atoms with Gasteiger partial charge in [-0.2, -0.15) is 0 Å². The van der Waals surface area contributed by atoms with Crippen LogP contribution in [0.15, 0.2) is 18.2 Å². The van der Waals surface area contributed by atoms with Gasteiger partial charge in [0.15, 0.2) is 0 Å². The minimum atomic E-state index is -2.51. The van der Waals surface area contributed by atoms with Crippen LogP contribution in [0.5, 0.6) is 0 Å². The molecule has 6 heteroatoms. The molecule has 0 bridgehead atoms. The van der Waals surface area contributed by atoms with Crippen LogP contribution in [0.1, 0.15) is 24.9 Å². The fraction of sp³-hybridized carbons (Fsp3) is 0.538. The highest BCUT2D eigenvalue weighted by Gasteiger charge is 2.13. The molecule has 0 amide bonds. The van der Waals surface area contributed by atoms with Gasteiger partial charge in [-0.3, -0.25) is 0 Å². The van der Waals surface area contributed by atoms with Crippen LogP contribution in [0.25, 0.3) is 0 Å². The van der Waals surface area contributed by atoms with Gasteiger partial charge in [0.05, 0.1) is 0 Å². The normalized spacial score (nSPS) is 12.9. The van der Waals surface area contributed by atoms with Crippen molar-refractivity contribution >= 4 is 0 Å². The fourth-order valence-corrected chi connectivity index (χ4v) is 1.78. The third-order valence-electron chi connectivity index (χ3n) is 2.53. The van der Waals surface area contributed by atoms with E-state index >= 15 is 0 Å². The van der Waals surface area contributed by atoms with Crippen molar-refractivity contribution in [1.29, 1.82) is 0 Å². The molecule has 0 aromatic heterocycles. The van der Waals surface area contributed by atoms with Gasteiger partial charge in [-0.05, 0) is 30.7 Å². The zero-order chi connectivity index (χ0) is 14.3. The molecular formula is C13H17F4NO. The van der Waals surface area contributed by atoms with Gasteiger partial charge in [-0.15, -0.1) is 0 Å². The Balaban J connectivity index is 2.60. The molecule has 1 unspecified atom stereocenters. The standard InChI is InChI=1S/C13H17F4NO/c1-2-18-12(3-4-19-8-13(16)17)9-5-10(14)7-11(15)6-9/h5-7,12-13,18H,2-4,8H2,1H3. The summed E-state index contributed by atoms with van der Waals surface area (Å²) in [6, 6.07) is 2.92. The topological polar surface area (TPSA) is 21.3 Å². The lowest BCUT2D eigenvalue weighted by Crippen LogP contribution is -2.23. The summed E-state index contributed by atoms with van der Waals surface area (Å²) in [5.74, 6) is -1.32. The van der Waals surface area contributed by atoms with Crippen LogP contribution < -0.4 is 5.32 Å². The van der Waals surface area contributed by atoms with Crippen LogP contribution >= 0.6 is 0 Å². The first-order chi connectivity index (χ1) is 9.02. The van der Waals surface area contributed by atoms with Crippen LogP contribution in [0, 0.1) is 11.6 Å². The van der Waals surface area contributed by atoms with E-state index in [0.29, 0.717) is 18.5 Å². The van der Waals surface area contributed by atoms with Crippen molar-refractivity contribution in [2.24, 2.45) is 0 Å². The summed E-state index contributed by atoms with van der Waals surface area (Å²) in [7, 11) is 0. The van der Waals surface area contributed by atoms with E-state index in [2.05, 4.69) is 5.32 Å². The molecule has 108 valence electrons. The molecule has 1 N–H and O–H groups in total. The zero-order valence-corrected chi connectivity index (χ0v) is 10.6. The molecule has 0 radical (unpaired) electrons. The van der Waals surface area contributed by atoms with Crippen molar-refractivity contribution in [1.82, 2.24) is 5.32 Å². The quantitative estimate of drug-likeness (QED) is 0.582. The van der Waals surface area contributed by atoms with Crippen molar-refractivity contribution in [2.45, 2.75) is 25.8 Å². The molecular weight excluding hydrogens is 262 g/mol. The Morgan fingerprint density at radius 2 is 1.79 bits per heavy atom. The first-order valence-corrected chi connectivity index (χ1v) is 6.08. The Morgan fingerprint density at radius 3 is 2.32 bits per heavy atom. The van der Waals surface area contributed by atoms with E-state index < -0.39 is 24.7 Å². The van der Waals surface area contributed by atoms with Gasteiger partial charge in [0.1, 0.15) is 18.2 Å². The lowest BCUT2D eigenvalue weighted by molar-refractivity contribution is 0.0144. The maximum Gasteiger partial charge on any atom is 0.261 e. The average molecular weight is 279 g/mol. The van der Waals surface area contributed by atoms with Crippen molar-refractivity contribution < 1.29 is 22.3 Å². The third kappa shape index (κ3) is 6.02. The average Bonchev–Trinajstić information content (AvgIpc) is 2.31. The van der Waals surface area contributed by atoms with Gasteiger partial charge in [0, 0.05) is 18.7 Å². The van der Waals surface area contributed by atoms with E-state index in [1.54, 1.807) is 0 Å². The summed E-state index contributed by atoms with van der Waals surface area (Å²) in [5.41, 5.74) is 0.444. The van der Waals surface area contributed by atoms with Gasteiger partial charge < -0.3 is 10.1 Å². The first-order valence-electron chi connectivity index (χ1n) is 6.08. The lowest BCUT2D eigenvalue weighted by atomic mass is 10.0. The Kier molecular flexibility index (Phi) is 6.80. The summed E-state index contributed by atoms with van der Waals surface area (Å²) in [4.78, 5) is 0. The molecule has 0 saturated carbocycles. The van der Waals surface area contributed by atoms with Crippen LogP contribution in [0.4, 0.5) is 17.6 Å². The number of nitrogens with one attached hydrogen (secondary N) is 1. The molecule has 19 heavy (non-hydrogen) atoms. The molecule has 0 aliphatic heterocycles. The minimum absolute atomic E-state index is 0.0974. The van der Waals surface area contributed by atoms with Gasteiger partial charge in [-0.25, -0.2) is 17.6 Å². The smallest absolute Gasteiger partial charge is 0.261 e. The number of ether oxygens (including phenoxy) is 1. The SMILES string of the molecule is CCNC(CCOCC(F)F)c1cc(F)cc(F)c1. The molecule has 0 saturated heterocycles. The van der Waals surface area contributed by atoms with Gasteiger partial charge in [0.2, 0.25) is 0 Å². The number of rotatable bonds is 8. The molecule has 1 atom stereocenters. The van der Waals surface area contributed by atoms with Gasteiger partial charge >= 0.3 is 0 Å². The van der Waals surface area contributed by atoms with Crippen LogP contribution in [-0.2, 0) is 4.74 Å². The zero-order valence-electron chi connectivity index (χ0n) is 10.6. The molecule has 2 nitrogen and oxygen atoms in total. The Labute approximate surface area is 109 Å². The number of halogens is 4. The largest absolute Gasteiger partial charge is 0.375 e. The second kappa shape index (κ2) is 8.12. The monoisotopic (exact) mass is 279 g/mol. The first kappa shape index (κ1) is 15.9. The second-order valence-corrected chi connectivity index (χ2v) is 4.07. The predicted molar refractivity (Wildman–Crippen MR) is 64.2 cm³/mol. The van der Waals surface area contributed by atoms with Crippen LogP contribution in [0.2, 0.25) is 0 Å². The molecule has 1 rings (SSSR count). The number of benzene rings is 1. The van der Waals surface area contributed by atoms with E-state index in [4.69, 9.17) is 4.74 Å². The van der Waals surface area contributed by atoms with E-state index in [0.717, 1.165) is 6.07 Å². The highest BCUT2D eigenvalue weighted by molar-refractivity contribution is 5.21. The number of alkyl halides is 2. The van der Waals surface area contributed by atoms with Gasteiger partial charge in [0.25, 0.3) is 6.43 Å².